The lowest BCUT2D eigenvalue weighted by molar-refractivity contribution is -0.134. The van der Waals surface area contributed by atoms with E-state index >= 15 is 0 Å². The van der Waals surface area contributed by atoms with Gasteiger partial charge in [-0.25, -0.2) is 0 Å². The van der Waals surface area contributed by atoms with Gasteiger partial charge in [-0.3, -0.25) is 9.59 Å². The van der Waals surface area contributed by atoms with Gasteiger partial charge in [-0.2, -0.15) is 0 Å². The van der Waals surface area contributed by atoms with E-state index in [9.17, 15) is 9.59 Å². The standard InChI is InChI=1S/C31H32N2O3S/c1-22-8-3-6-11-26(22)30-27-15-19-37-28(27)14-17-33(30)29(34)21-32(16-7-18-36-2)31(35)25-13-12-23-9-4-5-10-24(23)20-25/h3-6,8-13,15,19-20,30H,7,14,16-18,21H2,1-2H3. The third-order valence-corrected chi connectivity index (χ3v) is 8.15. The van der Waals surface area contributed by atoms with Crippen LogP contribution in [0.5, 0.6) is 0 Å². The molecule has 4 aromatic rings. The molecule has 0 N–H and O–H groups in total. The van der Waals surface area contributed by atoms with Crippen LogP contribution in [0, 0.1) is 6.92 Å². The summed E-state index contributed by atoms with van der Waals surface area (Å²) >= 11 is 1.76. The summed E-state index contributed by atoms with van der Waals surface area (Å²) in [6, 6.07) is 24.0. The van der Waals surface area contributed by atoms with Crippen LogP contribution in [0.4, 0.5) is 0 Å². The zero-order valence-corrected chi connectivity index (χ0v) is 22.2. The van der Waals surface area contributed by atoms with Crippen LogP contribution in [0.1, 0.15) is 44.4 Å². The molecule has 1 unspecified atom stereocenters. The molecular weight excluding hydrogens is 480 g/mol. The number of methoxy groups -OCH3 is 1. The molecular formula is C31H32N2O3S. The Labute approximate surface area is 222 Å². The molecule has 0 saturated heterocycles. The number of hydrogen-bond acceptors (Lipinski definition) is 4. The number of fused-ring (bicyclic) bond motifs is 2. The molecule has 1 atom stereocenters. The maximum atomic E-state index is 13.9. The van der Waals surface area contributed by atoms with E-state index < -0.39 is 0 Å². The number of benzene rings is 3. The van der Waals surface area contributed by atoms with E-state index in [2.05, 4.69) is 30.5 Å². The van der Waals surface area contributed by atoms with Crippen LogP contribution in [0.2, 0.25) is 0 Å². The van der Waals surface area contributed by atoms with E-state index in [1.807, 2.05) is 59.5 Å². The molecule has 190 valence electrons. The Morgan fingerprint density at radius 2 is 1.78 bits per heavy atom. The molecule has 0 radical (unpaired) electrons. The van der Waals surface area contributed by atoms with Crippen molar-refractivity contribution in [2.45, 2.75) is 25.8 Å². The van der Waals surface area contributed by atoms with Crippen LogP contribution in [0.25, 0.3) is 10.8 Å². The molecule has 1 aliphatic heterocycles. The molecule has 2 heterocycles. The first-order valence-electron chi connectivity index (χ1n) is 12.7. The highest BCUT2D eigenvalue weighted by molar-refractivity contribution is 7.10. The fraction of sp³-hybridized carbons (Fsp3) is 0.290. The number of carbonyl (C=O) groups is 2. The highest BCUT2D eigenvalue weighted by Crippen LogP contribution is 2.39. The zero-order chi connectivity index (χ0) is 25.8. The normalized spacial score (nSPS) is 15.0. The van der Waals surface area contributed by atoms with Crippen molar-refractivity contribution < 1.29 is 14.3 Å². The predicted molar refractivity (Wildman–Crippen MR) is 149 cm³/mol. The fourth-order valence-corrected chi connectivity index (χ4v) is 6.13. The average molecular weight is 513 g/mol. The Morgan fingerprint density at radius 1 is 1.00 bits per heavy atom. The Kier molecular flexibility index (Phi) is 7.68. The van der Waals surface area contributed by atoms with Gasteiger partial charge in [-0.1, -0.05) is 54.6 Å². The number of nitrogens with zero attached hydrogens (tertiary/aromatic N) is 2. The summed E-state index contributed by atoms with van der Waals surface area (Å²) in [6.45, 7) is 3.76. The first-order chi connectivity index (χ1) is 18.1. The molecule has 37 heavy (non-hydrogen) atoms. The summed E-state index contributed by atoms with van der Waals surface area (Å²) in [5, 5.41) is 4.21. The maximum Gasteiger partial charge on any atom is 0.254 e. The van der Waals surface area contributed by atoms with Crippen LogP contribution in [-0.4, -0.2) is 55.0 Å². The third-order valence-electron chi connectivity index (χ3n) is 7.16. The minimum Gasteiger partial charge on any atom is -0.385 e. The predicted octanol–water partition coefficient (Wildman–Crippen LogP) is 5.86. The lowest BCUT2D eigenvalue weighted by atomic mass is 9.90. The summed E-state index contributed by atoms with van der Waals surface area (Å²) in [4.78, 5) is 32.6. The summed E-state index contributed by atoms with van der Waals surface area (Å²) in [6.07, 6.45) is 1.50. The summed E-state index contributed by atoms with van der Waals surface area (Å²) < 4.78 is 5.24. The van der Waals surface area contributed by atoms with Gasteiger partial charge in [0, 0.05) is 37.2 Å². The maximum absolute atomic E-state index is 13.9. The monoisotopic (exact) mass is 512 g/mol. The average Bonchev–Trinajstić information content (AvgIpc) is 3.41. The Hall–Kier alpha value is -3.48. The van der Waals surface area contributed by atoms with E-state index in [0.717, 1.165) is 28.3 Å². The molecule has 0 spiro atoms. The zero-order valence-electron chi connectivity index (χ0n) is 21.4. The quantitative estimate of drug-likeness (QED) is 0.278. The van der Waals surface area contributed by atoms with Crippen LogP contribution in [-0.2, 0) is 16.0 Å². The molecule has 6 heteroatoms. The highest BCUT2D eigenvalue weighted by Gasteiger charge is 2.34. The first kappa shape index (κ1) is 25.2. The third kappa shape index (κ3) is 5.31. The van der Waals surface area contributed by atoms with Crippen LogP contribution < -0.4 is 0 Å². The molecule has 5 nitrogen and oxygen atoms in total. The number of thiophene rings is 1. The van der Waals surface area contributed by atoms with Gasteiger partial charge in [0.1, 0.15) is 6.54 Å². The highest BCUT2D eigenvalue weighted by atomic mass is 32.1. The largest absolute Gasteiger partial charge is 0.385 e. The molecule has 0 saturated carbocycles. The number of hydrogen-bond donors (Lipinski definition) is 0. The minimum absolute atomic E-state index is 0.0309. The SMILES string of the molecule is COCCCN(CC(=O)N1CCc2sccc2C1c1ccccc1C)C(=O)c1ccc2ccccc2c1. The van der Waals surface area contributed by atoms with E-state index in [0.29, 0.717) is 31.7 Å². The molecule has 1 aliphatic rings. The van der Waals surface area contributed by atoms with Gasteiger partial charge in [0.15, 0.2) is 0 Å². The van der Waals surface area contributed by atoms with Gasteiger partial charge in [0.2, 0.25) is 5.91 Å². The lowest BCUT2D eigenvalue weighted by Gasteiger charge is -2.38. The molecule has 1 aromatic heterocycles. The molecule has 3 aromatic carbocycles. The Morgan fingerprint density at radius 3 is 2.59 bits per heavy atom. The van der Waals surface area contributed by atoms with Gasteiger partial charge in [-0.15, -0.1) is 11.3 Å². The first-order valence-corrected chi connectivity index (χ1v) is 13.6. The van der Waals surface area contributed by atoms with Crippen molar-refractivity contribution in [3.63, 3.8) is 0 Å². The van der Waals surface area contributed by atoms with Crippen molar-refractivity contribution in [3.8, 4) is 0 Å². The van der Waals surface area contributed by atoms with E-state index in [-0.39, 0.29) is 24.4 Å². The summed E-state index contributed by atoms with van der Waals surface area (Å²) in [5.74, 6) is -0.160. The van der Waals surface area contributed by atoms with Crippen LogP contribution in [0.15, 0.2) is 78.2 Å². The molecule has 2 amide bonds. The van der Waals surface area contributed by atoms with Crippen molar-refractivity contribution in [2.75, 3.05) is 33.4 Å². The van der Waals surface area contributed by atoms with E-state index in [4.69, 9.17) is 4.74 Å². The smallest absolute Gasteiger partial charge is 0.254 e. The van der Waals surface area contributed by atoms with E-state index in [1.54, 1.807) is 23.3 Å². The number of rotatable bonds is 8. The second-order valence-corrected chi connectivity index (χ2v) is 10.5. The summed E-state index contributed by atoms with van der Waals surface area (Å²) in [7, 11) is 1.65. The second-order valence-electron chi connectivity index (χ2n) is 9.53. The number of ether oxygens (including phenoxy) is 1. The van der Waals surface area contributed by atoms with Gasteiger partial charge in [0.25, 0.3) is 5.91 Å². The van der Waals surface area contributed by atoms with Crippen molar-refractivity contribution in [1.29, 1.82) is 0 Å². The number of aryl methyl sites for hydroxylation is 1. The van der Waals surface area contributed by atoms with Crippen molar-refractivity contribution in [1.82, 2.24) is 9.80 Å². The van der Waals surface area contributed by atoms with Gasteiger partial charge < -0.3 is 14.5 Å². The minimum atomic E-state index is -0.139. The fourth-order valence-electron chi connectivity index (χ4n) is 5.23. The Balaban J connectivity index is 1.43. The van der Waals surface area contributed by atoms with Crippen molar-refractivity contribution >= 4 is 33.9 Å². The Bertz CT molecular complexity index is 1410. The topological polar surface area (TPSA) is 49.9 Å². The van der Waals surface area contributed by atoms with Gasteiger partial charge in [-0.05, 0) is 70.8 Å². The van der Waals surface area contributed by atoms with Crippen LogP contribution >= 0.6 is 11.3 Å². The number of carbonyl (C=O) groups excluding carboxylic acids is 2. The molecule has 0 bridgehead atoms. The van der Waals surface area contributed by atoms with Crippen LogP contribution in [0.3, 0.4) is 0 Å². The molecule has 5 rings (SSSR count). The van der Waals surface area contributed by atoms with Crippen molar-refractivity contribution in [2.24, 2.45) is 0 Å². The van der Waals surface area contributed by atoms with Crippen molar-refractivity contribution in [3.05, 3.63) is 105 Å². The van der Waals surface area contributed by atoms with Gasteiger partial charge in [0.05, 0.1) is 6.04 Å². The molecule has 0 fully saturated rings. The second kappa shape index (κ2) is 11.3. The molecule has 0 aliphatic carbocycles. The lowest BCUT2D eigenvalue weighted by Crippen LogP contribution is -2.47. The van der Waals surface area contributed by atoms with Gasteiger partial charge >= 0.3 is 0 Å². The number of amides is 2. The summed E-state index contributed by atoms with van der Waals surface area (Å²) in [5.41, 5.74) is 4.10. The van der Waals surface area contributed by atoms with E-state index in [1.165, 1.54) is 10.4 Å².